The molecule has 0 aliphatic carbocycles. The van der Waals surface area contributed by atoms with Gasteiger partial charge in [0.25, 0.3) is 5.56 Å². The highest BCUT2D eigenvalue weighted by molar-refractivity contribution is 5.83. The van der Waals surface area contributed by atoms with E-state index in [1.54, 1.807) is 7.05 Å². The first-order chi connectivity index (χ1) is 13.1. The Labute approximate surface area is 168 Å². The monoisotopic (exact) mass is 410 g/mol. The van der Waals surface area contributed by atoms with Crippen molar-refractivity contribution in [3.8, 4) is 0 Å². The number of aryl methyl sites for hydroxylation is 1. The van der Waals surface area contributed by atoms with Crippen LogP contribution in [0.15, 0.2) is 14.6 Å². The van der Waals surface area contributed by atoms with Gasteiger partial charge in [0.1, 0.15) is 0 Å². The Kier molecular flexibility index (Phi) is 6.09. The lowest BCUT2D eigenvalue weighted by Crippen LogP contribution is -3.00. The van der Waals surface area contributed by atoms with Crippen LogP contribution in [0.25, 0.3) is 11.2 Å². The highest BCUT2D eigenvalue weighted by Crippen LogP contribution is 2.20. The smallest absolute Gasteiger partial charge is 0.332 e. The van der Waals surface area contributed by atoms with Gasteiger partial charge in [0.2, 0.25) is 5.95 Å². The van der Waals surface area contributed by atoms with Crippen LogP contribution in [0.3, 0.4) is 0 Å². The number of halogens is 1. The summed E-state index contributed by atoms with van der Waals surface area (Å²) >= 11 is 0. The maximum Gasteiger partial charge on any atom is 0.332 e. The third-order valence-electron chi connectivity index (χ3n) is 5.16. The number of amidine groups is 1. The lowest BCUT2D eigenvalue weighted by Gasteiger charge is -2.28. The maximum absolute atomic E-state index is 12.8. The lowest BCUT2D eigenvalue weighted by molar-refractivity contribution is -0.00000667. The van der Waals surface area contributed by atoms with Gasteiger partial charge in [-0.25, -0.2) is 4.79 Å². The number of morpholine rings is 1. The molecule has 0 atom stereocenters. The third-order valence-corrected chi connectivity index (χ3v) is 5.16. The Morgan fingerprint density at radius 2 is 1.89 bits per heavy atom. The van der Waals surface area contributed by atoms with Crippen LogP contribution in [0, 0.1) is 0 Å². The Hall–Kier alpha value is -2.33. The molecule has 2 aromatic heterocycles. The quantitative estimate of drug-likeness (QED) is 0.552. The highest BCUT2D eigenvalue weighted by Gasteiger charge is 2.23. The molecule has 2 aliphatic rings. The summed E-state index contributed by atoms with van der Waals surface area (Å²) in [5, 5.41) is 3.36. The normalized spacial score (nSPS) is 16.9. The average molecular weight is 411 g/mol. The third kappa shape index (κ3) is 3.53. The van der Waals surface area contributed by atoms with E-state index >= 15 is 0 Å². The standard InChI is InChI=1S/C17H25N7O3.ClH/c1-21-14-13(15(25)22(2)17(21)26)24(7-6-19-12-4-3-5-18-12)16(20-14)23-8-10-27-11-9-23;/h3-11H2,1-2H3,(H,18,19);1H/p-1. The summed E-state index contributed by atoms with van der Waals surface area (Å²) in [6.45, 7) is 4.74. The molecule has 4 rings (SSSR count). The molecule has 11 heteroatoms. The van der Waals surface area contributed by atoms with Gasteiger partial charge in [-0.3, -0.25) is 18.9 Å². The summed E-state index contributed by atoms with van der Waals surface area (Å²) in [5.74, 6) is 1.73. The maximum atomic E-state index is 12.8. The molecule has 1 saturated heterocycles. The summed E-state index contributed by atoms with van der Waals surface area (Å²) in [4.78, 5) is 36.4. The van der Waals surface area contributed by atoms with Gasteiger partial charge in [0.15, 0.2) is 11.2 Å². The first-order valence-corrected chi connectivity index (χ1v) is 9.34. The van der Waals surface area contributed by atoms with Gasteiger partial charge >= 0.3 is 5.69 Å². The SMILES string of the molecule is Cn1c(=O)c2c(nc(N3CCOCC3)n2CCNC2=NCCC2)n(C)c1=O.[Cl-]. The number of nitrogens with one attached hydrogen (secondary N) is 1. The van der Waals surface area contributed by atoms with Crippen molar-refractivity contribution in [3.05, 3.63) is 20.8 Å². The molecule has 154 valence electrons. The number of rotatable bonds is 4. The van der Waals surface area contributed by atoms with E-state index in [0.717, 1.165) is 29.8 Å². The molecule has 28 heavy (non-hydrogen) atoms. The predicted molar refractivity (Wildman–Crippen MR) is 103 cm³/mol. The fourth-order valence-electron chi connectivity index (χ4n) is 3.65. The Balaban J connectivity index is 0.00000225. The molecular weight excluding hydrogens is 386 g/mol. The molecule has 0 amide bonds. The van der Waals surface area contributed by atoms with Gasteiger partial charge in [-0.2, -0.15) is 4.98 Å². The number of hydrogen-bond donors (Lipinski definition) is 1. The van der Waals surface area contributed by atoms with E-state index < -0.39 is 0 Å². The minimum atomic E-state index is -0.371. The van der Waals surface area contributed by atoms with Crippen LogP contribution in [0.2, 0.25) is 0 Å². The van der Waals surface area contributed by atoms with Crippen molar-refractivity contribution in [2.45, 2.75) is 19.4 Å². The lowest BCUT2D eigenvalue weighted by atomic mass is 10.3. The van der Waals surface area contributed by atoms with Crippen LogP contribution >= 0.6 is 0 Å². The van der Waals surface area contributed by atoms with Crippen molar-refractivity contribution in [2.75, 3.05) is 44.3 Å². The van der Waals surface area contributed by atoms with Gasteiger partial charge in [-0.1, -0.05) is 0 Å². The molecule has 0 bridgehead atoms. The fourth-order valence-corrected chi connectivity index (χ4v) is 3.65. The van der Waals surface area contributed by atoms with Crippen molar-refractivity contribution < 1.29 is 17.1 Å². The zero-order chi connectivity index (χ0) is 19.0. The molecule has 0 aromatic carbocycles. The van der Waals surface area contributed by atoms with E-state index in [4.69, 9.17) is 4.74 Å². The average Bonchev–Trinajstić information content (AvgIpc) is 3.33. The Morgan fingerprint density at radius 3 is 2.57 bits per heavy atom. The van der Waals surface area contributed by atoms with Crippen LogP contribution in [0.1, 0.15) is 12.8 Å². The van der Waals surface area contributed by atoms with E-state index in [0.29, 0.717) is 56.5 Å². The summed E-state index contributed by atoms with van der Waals surface area (Å²) < 4.78 is 9.94. The number of aromatic nitrogens is 4. The number of imidazole rings is 1. The number of aliphatic imine (C=N–C) groups is 1. The second-order valence-corrected chi connectivity index (χ2v) is 6.90. The second-order valence-electron chi connectivity index (χ2n) is 6.90. The van der Waals surface area contributed by atoms with E-state index in [2.05, 4.69) is 20.2 Å². The minimum absolute atomic E-state index is 0. The summed E-state index contributed by atoms with van der Waals surface area (Å²) in [6.07, 6.45) is 2.05. The minimum Gasteiger partial charge on any atom is -1.00 e. The number of fused-ring (bicyclic) bond motifs is 1. The van der Waals surface area contributed by atoms with Crippen molar-refractivity contribution >= 4 is 22.9 Å². The van der Waals surface area contributed by atoms with Gasteiger partial charge in [0.05, 0.1) is 19.0 Å². The summed E-state index contributed by atoms with van der Waals surface area (Å²) in [5.41, 5.74) is 0.182. The van der Waals surface area contributed by atoms with E-state index in [1.807, 2.05) is 4.57 Å². The molecule has 10 nitrogen and oxygen atoms in total. The van der Waals surface area contributed by atoms with Crippen LogP contribution in [-0.4, -0.2) is 63.9 Å². The first kappa shape index (κ1) is 20.4. The zero-order valence-electron chi connectivity index (χ0n) is 16.1. The fraction of sp³-hybridized carbons (Fsp3) is 0.647. The second kappa shape index (κ2) is 8.36. The van der Waals surface area contributed by atoms with Crippen molar-refractivity contribution in [2.24, 2.45) is 19.1 Å². The van der Waals surface area contributed by atoms with Crippen molar-refractivity contribution in [1.29, 1.82) is 0 Å². The van der Waals surface area contributed by atoms with Crippen molar-refractivity contribution in [3.63, 3.8) is 0 Å². The molecule has 2 aliphatic heterocycles. The predicted octanol–water partition coefficient (Wildman–Crippen LogP) is -3.94. The molecular formula is C17H25ClN7O3-. The molecule has 1 N–H and O–H groups in total. The molecule has 0 saturated carbocycles. The van der Waals surface area contributed by atoms with Crippen LogP contribution in [0.4, 0.5) is 5.95 Å². The molecule has 1 fully saturated rings. The van der Waals surface area contributed by atoms with E-state index in [1.165, 1.54) is 11.6 Å². The highest BCUT2D eigenvalue weighted by atomic mass is 35.5. The molecule has 0 radical (unpaired) electrons. The topological polar surface area (TPSA) is 98.7 Å². The Bertz CT molecular complexity index is 1000. The number of ether oxygens (including phenoxy) is 1. The van der Waals surface area contributed by atoms with Crippen LogP contribution in [0.5, 0.6) is 0 Å². The number of nitrogens with zero attached hydrogens (tertiary/aromatic N) is 6. The van der Waals surface area contributed by atoms with Crippen LogP contribution < -0.4 is 33.9 Å². The molecule has 0 unspecified atom stereocenters. The van der Waals surface area contributed by atoms with Gasteiger partial charge in [0, 0.05) is 53.2 Å². The summed E-state index contributed by atoms with van der Waals surface area (Å²) in [7, 11) is 3.15. The number of anilines is 1. The first-order valence-electron chi connectivity index (χ1n) is 9.34. The van der Waals surface area contributed by atoms with Gasteiger partial charge < -0.3 is 31.9 Å². The largest absolute Gasteiger partial charge is 1.00 e. The van der Waals surface area contributed by atoms with E-state index in [9.17, 15) is 9.59 Å². The van der Waals surface area contributed by atoms with Gasteiger partial charge in [-0.05, 0) is 6.42 Å². The molecule has 2 aromatic rings. The van der Waals surface area contributed by atoms with Crippen LogP contribution in [-0.2, 0) is 25.4 Å². The molecule has 0 spiro atoms. The summed E-state index contributed by atoms with van der Waals surface area (Å²) in [6, 6.07) is 0. The Morgan fingerprint density at radius 1 is 1.14 bits per heavy atom. The van der Waals surface area contributed by atoms with Crippen molar-refractivity contribution in [1.82, 2.24) is 24.0 Å². The van der Waals surface area contributed by atoms with Gasteiger partial charge in [-0.15, -0.1) is 0 Å². The number of hydrogen-bond acceptors (Lipinski definition) is 7. The van der Waals surface area contributed by atoms with E-state index in [-0.39, 0.29) is 23.7 Å². The zero-order valence-corrected chi connectivity index (χ0v) is 16.9. The molecule has 4 heterocycles.